The number of nitrogens with zero attached hydrogens (tertiary/aromatic N) is 1. The van der Waals surface area contributed by atoms with Crippen molar-refractivity contribution in [3.8, 4) is 0 Å². The Labute approximate surface area is 104 Å². The molecule has 0 atom stereocenters. The normalized spacial score (nSPS) is 10.7. The van der Waals surface area contributed by atoms with E-state index in [-0.39, 0.29) is 5.91 Å². The fourth-order valence-corrected chi connectivity index (χ4v) is 2.29. The summed E-state index contributed by atoms with van der Waals surface area (Å²) in [4.78, 5) is 24.8. The number of rotatable bonds is 5. The van der Waals surface area contributed by atoms with Crippen LogP contribution < -0.4 is 0 Å². The molecule has 1 rings (SSSR count). The van der Waals surface area contributed by atoms with E-state index in [0.717, 1.165) is 6.08 Å². The Bertz CT molecular complexity index is 433. The Kier molecular flexibility index (Phi) is 4.90. The standard InChI is InChI=1S/C12H15NO3S/c1-3-13(4-2)12(16)11-9(7-8-17-11)5-6-10(14)15/h5-8H,3-4H2,1-2H3,(H,14,15). The Morgan fingerprint density at radius 1 is 1.41 bits per heavy atom. The first-order valence-electron chi connectivity index (χ1n) is 5.37. The molecule has 0 saturated carbocycles. The maximum absolute atomic E-state index is 12.1. The smallest absolute Gasteiger partial charge is 0.328 e. The van der Waals surface area contributed by atoms with Crippen LogP contribution >= 0.6 is 11.3 Å². The molecule has 1 aromatic heterocycles. The molecule has 4 nitrogen and oxygen atoms in total. The number of hydrogen-bond acceptors (Lipinski definition) is 3. The molecular formula is C12H15NO3S. The van der Waals surface area contributed by atoms with Gasteiger partial charge in [0, 0.05) is 19.2 Å². The zero-order valence-corrected chi connectivity index (χ0v) is 10.7. The van der Waals surface area contributed by atoms with Crippen molar-refractivity contribution in [2.24, 2.45) is 0 Å². The molecule has 0 aliphatic heterocycles. The van der Waals surface area contributed by atoms with Crippen LogP contribution in [0.2, 0.25) is 0 Å². The molecule has 0 radical (unpaired) electrons. The molecule has 17 heavy (non-hydrogen) atoms. The minimum absolute atomic E-state index is 0.0463. The number of amides is 1. The molecule has 5 heteroatoms. The van der Waals surface area contributed by atoms with E-state index >= 15 is 0 Å². The fraction of sp³-hybridized carbons (Fsp3) is 0.333. The van der Waals surface area contributed by atoms with E-state index in [1.807, 2.05) is 13.8 Å². The lowest BCUT2D eigenvalue weighted by molar-refractivity contribution is -0.131. The van der Waals surface area contributed by atoms with Gasteiger partial charge in [0.05, 0.1) is 4.88 Å². The van der Waals surface area contributed by atoms with Gasteiger partial charge in [0.15, 0.2) is 0 Å². The highest BCUT2D eigenvalue weighted by Crippen LogP contribution is 2.20. The van der Waals surface area contributed by atoms with Crippen LogP contribution in [0.3, 0.4) is 0 Å². The number of hydrogen-bond donors (Lipinski definition) is 1. The van der Waals surface area contributed by atoms with Crippen molar-refractivity contribution in [1.82, 2.24) is 4.90 Å². The van der Waals surface area contributed by atoms with Crippen molar-refractivity contribution in [1.29, 1.82) is 0 Å². The molecular weight excluding hydrogens is 238 g/mol. The Morgan fingerprint density at radius 3 is 2.59 bits per heavy atom. The number of thiophene rings is 1. The molecule has 0 bridgehead atoms. The Hall–Kier alpha value is -1.62. The van der Waals surface area contributed by atoms with Crippen molar-refractivity contribution in [2.45, 2.75) is 13.8 Å². The molecule has 0 aromatic carbocycles. The van der Waals surface area contributed by atoms with E-state index in [1.54, 1.807) is 16.3 Å². The molecule has 1 N–H and O–H groups in total. The molecule has 1 heterocycles. The van der Waals surface area contributed by atoms with Gasteiger partial charge in [-0.05, 0) is 36.9 Å². The number of aliphatic carboxylic acids is 1. The third-order valence-electron chi connectivity index (χ3n) is 2.35. The summed E-state index contributed by atoms with van der Waals surface area (Å²) in [5.41, 5.74) is 0.661. The maximum atomic E-state index is 12.1. The average Bonchev–Trinajstić information content (AvgIpc) is 2.75. The quantitative estimate of drug-likeness (QED) is 0.819. The first-order valence-corrected chi connectivity index (χ1v) is 6.25. The molecule has 0 fully saturated rings. The average molecular weight is 253 g/mol. The predicted octanol–water partition coefficient (Wildman–Crippen LogP) is 2.33. The van der Waals surface area contributed by atoms with Gasteiger partial charge in [0.25, 0.3) is 5.91 Å². The van der Waals surface area contributed by atoms with Crippen LogP contribution in [0.25, 0.3) is 6.08 Å². The minimum atomic E-state index is -1.02. The highest BCUT2D eigenvalue weighted by molar-refractivity contribution is 7.12. The van der Waals surface area contributed by atoms with Gasteiger partial charge in [-0.2, -0.15) is 0 Å². The van der Waals surface area contributed by atoms with E-state index < -0.39 is 5.97 Å². The minimum Gasteiger partial charge on any atom is -0.478 e. The lowest BCUT2D eigenvalue weighted by Crippen LogP contribution is -2.30. The zero-order valence-electron chi connectivity index (χ0n) is 9.84. The van der Waals surface area contributed by atoms with Crippen LogP contribution in [0.1, 0.15) is 29.1 Å². The summed E-state index contributed by atoms with van der Waals surface area (Å²) < 4.78 is 0. The van der Waals surface area contributed by atoms with Gasteiger partial charge >= 0.3 is 5.97 Å². The second kappa shape index (κ2) is 6.20. The summed E-state index contributed by atoms with van der Waals surface area (Å²) in [5, 5.41) is 10.4. The summed E-state index contributed by atoms with van der Waals surface area (Å²) in [6.07, 6.45) is 2.50. The largest absolute Gasteiger partial charge is 0.478 e. The SMILES string of the molecule is CCN(CC)C(=O)c1sccc1C=CC(=O)O. The van der Waals surface area contributed by atoms with Crippen LogP contribution in [0, 0.1) is 0 Å². The molecule has 0 aliphatic rings. The summed E-state index contributed by atoms with van der Waals surface area (Å²) >= 11 is 1.33. The first-order chi connectivity index (χ1) is 8.10. The monoisotopic (exact) mass is 253 g/mol. The zero-order chi connectivity index (χ0) is 12.8. The van der Waals surface area contributed by atoms with Crippen molar-refractivity contribution in [3.63, 3.8) is 0 Å². The molecule has 92 valence electrons. The maximum Gasteiger partial charge on any atom is 0.328 e. The van der Waals surface area contributed by atoms with Gasteiger partial charge in [0.2, 0.25) is 0 Å². The first kappa shape index (κ1) is 13.4. The number of carbonyl (C=O) groups is 2. The third kappa shape index (κ3) is 3.42. The van der Waals surface area contributed by atoms with E-state index in [1.165, 1.54) is 17.4 Å². The predicted molar refractivity (Wildman–Crippen MR) is 68.2 cm³/mol. The van der Waals surface area contributed by atoms with Crippen molar-refractivity contribution < 1.29 is 14.7 Å². The van der Waals surface area contributed by atoms with E-state index in [9.17, 15) is 9.59 Å². The Morgan fingerprint density at radius 2 is 2.06 bits per heavy atom. The molecule has 0 spiro atoms. The highest BCUT2D eigenvalue weighted by atomic mass is 32.1. The molecule has 1 aromatic rings. The van der Waals surface area contributed by atoms with Gasteiger partial charge < -0.3 is 10.0 Å². The number of carboxylic acids is 1. The Balaban J connectivity index is 2.95. The van der Waals surface area contributed by atoms with E-state index in [2.05, 4.69) is 0 Å². The van der Waals surface area contributed by atoms with Gasteiger partial charge in [-0.3, -0.25) is 4.79 Å². The summed E-state index contributed by atoms with van der Waals surface area (Å²) in [6, 6.07) is 1.75. The van der Waals surface area contributed by atoms with Gasteiger partial charge in [0.1, 0.15) is 0 Å². The fourth-order valence-electron chi connectivity index (χ4n) is 1.44. The molecule has 0 unspecified atom stereocenters. The number of carboxylic acid groups (broad SMARTS) is 1. The summed E-state index contributed by atoms with van der Waals surface area (Å²) in [7, 11) is 0. The lowest BCUT2D eigenvalue weighted by Gasteiger charge is -2.17. The second-order valence-electron chi connectivity index (χ2n) is 3.35. The van der Waals surface area contributed by atoms with Crippen molar-refractivity contribution in [2.75, 3.05) is 13.1 Å². The van der Waals surface area contributed by atoms with Gasteiger partial charge in [-0.25, -0.2) is 4.79 Å². The highest BCUT2D eigenvalue weighted by Gasteiger charge is 2.16. The van der Waals surface area contributed by atoms with Crippen LogP contribution in [0.5, 0.6) is 0 Å². The van der Waals surface area contributed by atoms with Crippen molar-refractivity contribution >= 4 is 29.3 Å². The van der Waals surface area contributed by atoms with E-state index in [0.29, 0.717) is 23.5 Å². The molecule has 0 saturated heterocycles. The van der Waals surface area contributed by atoms with E-state index in [4.69, 9.17) is 5.11 Å². The van der Waals surface area contributed by atoms with Crippen LogP contribution in [0.15, 0.2) is 17.5 Å². The van der Waals surface area contributed by atoms with Crippen LogP contribution in [0.4, 0.5) is 0 Å². The molecule has 1 amide bonds. The van der Waals surface area contributed by atoms with Crippen LogP contribution in [-0.4, -0.2) is 35.0 Å². The van der Waals surface area contributed by atoms with Gasteiger partial charge in [-0.1, -0.05) is 0 Å². The lowest BCUT2D eigenvalue weighted by atomic mass is 10.2. The second-order valence-corrected chi connectivity index (χ2v) is 4.27. The number of carbonyl (C=O) groups excluding carboxylic acids is 1. The van der Waals surface area contributed by atoms with Gasteiger partial charge in [-0.15, -0.1) is 11.3 Å². The van der Waals surface area contributed by atoms with Crippen molar-refractivity contribution in [3.05, 3.63) is 28.0 Å². The molecule has 0 aliphatic carbocycles. The summed E-state index contributed by atoms with van der Waals surface area (Å²) in [6.45, 7) is 5.13. The van der Waals surface area contributed by atoms with Crippen LogP contribution in [-0.2, 0) is 4.79 Å². The topological polar surface area (TPSA) is 57.6 Å². The third-order valence-corrected chi connectivity index (χ3v) is 3.26. The summed E-state index contributed by atoms with van der Waals surface area (Å²) in [5.74, 6) is -1.06.